The Morgan fingerprint density at radius 2 is 1.95 bits per heavy atom. The van der Waals surface area contributed by atoms with Gasteiger partial charge in [0.25, 0.3) is 0 Å². The second kappa shape index (κ2) is 5.13. The third kappa shape index (κ3) is 2.76. The number of cyclic esters (lactones) is 1. The summed E-state index contributed by atoms with van der Waals surface area (Å²) in [5, 5.41) is 2.22. The van der Waals surface area contributed by atoms with E-state index in [0.29, 0.717) is 16.8 Å². The smallest absolute Gasteiger partial charge is 0.425 e. The van der Waals surface area contributed by atoms with Crippen LogP contribution in [-0.4, -0.2) is 24.6 Å². The first-order chi connectivity index (χ1) is 8.85. The maximum Gasteiger partial charge on any atom is 0.425 e. The average Bonchev–Trinajstić information content (AvgIpc) is 2.52. The molecule has 1 saturated heterocycles. The highest BCUT2D eigenvalue weighted by Crippen LogP contribution is 2.48. The molecule has 0 aliphatic carbocycles. The topological polar surface area (TPSA) is 38.3 Å². The summed E-state index contributed by atoms with van der Waals surface area (Å²) in [7, 11) is 0. The number of ether oxygens (including phenoxy) is 1. The average molecular weight is 312 g/mol. The van der Waals surface area contributed by atoms with Gasteiger partial charge in [0, 0.05) is 10.8 Å². The SMILES string of the molecule is O=C1NC(c2ccc(Cl)cc2)(C(F)(F)F)SCCO1. The fourth-order valence-corrected chi connectivity index (χ4v) is 2.92. The normalized spacial score (nSPS) is 24.3. The quantitative estimate of drug-likeness (QED) is 0.862. The van der Waals surface area contributed by atoms with Crippen LogP contribution in [0.2, 0.25) is 5.02 Å². The number of hydrogen-bond acceptors (Lipinski definition) is 3. The summed E-state index contributed by atoms with van der Waals surface area (Å²) in [6, 6.07) is 5.19. The van der Waals surface area contributed by atoms with Crippen LogP contribution in [0.1, 0.15) is 5.56 Å². The van der Waals surface area contributed by atoms with Crippen LogP contribution in [0.25, 0.3) is 0 Å². The summed E-state index contributed by atoms with van der Waals surface area (Å²) < 4.78 is 44.8. The minimum Gasteiger partial charge on any atom is -0.449 e. The number of hydrogen-bond donors (Lipinski definition) is 1. The molecular formula is C11H9ClF3NO2S. The summed E-state index contributed by atoms with van der Waals surface area (Å²) in [5.41, 5.74) is -0.0896. The van der Waals surface area contributed by atoms with Crippen LogP contribution in [0.4, 0.5) is 18.0 Å². The van der Waals surface area contributed by atoms with Gasteiger partial charge in [-0.2, -0.15) is 13.2 Å². The number of halogens is 4. The van der Waals surface area contributed by atoms with Gasteiger partial charge in [0.1, 0.15) is 6.61 Å². The van der Waals surface area contributed by atoms with E-state index in [2.05, 4.69) is 4.74 Å². The number of alkyl carbamates (subject to hydrolysis) is 1. The second-order valence-corrected chi connectivity index (χ2v) is 5.54. The molecule has 1 fully saturated rings. The molecule has 1 aliphatic rings. The Bertz CT molecular complexity index is 480. The molecule has 1 aliphatic heterocycles. The Morgan fingerprint density at radius 1 is 1.32 bits per heavy atom. The zero-order valence-corrected chi connectivity index (χ0v) is 11.0. The van der Waals surface area contributed by atoms with Gasteiger partial charge >= 0.3 is 12.3 Å². The van der Waals surface area contributed by atoms with Crippen molar-refractivity contribution in [3.8, 4) is 0 Å². The van der Waals surface area contributed by atoms with Gasteiger partial charge in [0.05, 0.1) is 0 Å². The lowest BCUT2D eigenvalue weighted by Crippen LogP contribution is -2.52. The second-order valence-electron chi connectivity index (χ2n) is 3.80. The van der Waals surface area contributed by atoms with Crippen LogP contribution in [0.5, 0.6) is 0 Å². The standard InChI is InChI=1S/C11H9ClF3NO2S/c12-8-3-1-7(2-4-8)10(11(13,14)15)16-9(17)18-5-6-19-10/h1-4H,5-6H2,(H,16,17). The van der Waals surface area contributed by atoms with Gasteiger partial charge < -0.3 is 4.74 Å². The summed E-state index contributed by atoms with van der Waals surface area (Å²) >= 11 is 6.25. The molecule has 1 aromatic carbocycles. The van der Waals surface area contributed by atoms with Gasteiger partial charge in [-0.25, -0.2) is 4.79 Å². The lowest BCUT2D eigenvalue weighted by Gasteiger charge is -2.34. The van der Waals surface area contributed by atoms with E-state index < -0.39 is 17.1 Å². The molecule has 1 atom stereocenters. The van der Waals surface area contributed by atoms with E-state index in [-0.39, 0.29) is 17.9 Å². The summed E-state index contributed by atoms with van der Waals surface area (Å²) in [6.45, 7) is -0.0675. The molecule has 1 aromatic rings. The molecular weight excluding hydrogens is 303 g/mol. The first-order valence-corrected chi connectivity index (χ1v) is 6.63. The van der Waals surface area contributed by atoms with Gasteiger partial charge in [0.15, 0.2) is 0 Å². The number of rotatable bonds is 1. The van der Waals surface area contributed by atoms with Crippen LogP contribution in [-0.2, 0) is 9.61 Å². The molecule has 104 valence electrons. The van der Waals surface area contributed by atoms with Crippen LogP contribution in [0.3, 0.4) is 0 Å². The van der Waals surface area contributed by atoms with E-state index in [0.717, 1.165) is 0 Å². The minimum absolute atomic E-state index is 0.0425. The van der Waals surface area contributed by atoms with Crippen molar-refractivity contribution in [1.82, 2.24) is 5.32 Å². The molecule has 0 saturated carbocycles. The molecule has 0 bridgehead atoms. The third-order valence-electron chi connectivity index (χ3n) is 2.56. The lowest BCUT2D eigenvalue weighted by atomic mass is 10.1. The van der Waals surface area contributed by atoms with Gasteiger partial charge in [-0.1, -0.05) is 23.7 Å². The van der Waals surface area contributed by atoms with E-state index in [1.807, 2.05) is 5.32 Å². The zero-order chi connectivity index (χ0) is 14.1. The summed E-state index contributed by atoms with van der Waals surface area (Å²) in [4.78, 5) is 8.80. The summed E-state index contributed by atoms with van der Waals surface area (Å²) in [5.74, 6) is 0.0425. The number of thioether (sulfide) groups is 1. The van der Waals surface area contributed by atoms with E-state index in [9.17, 15) is 18.0 Å². The molecule has 1 N–H and O–H groups in total. The first-order valence-electron chi connectivity index (χ1n) is 5.27. The third-order valence-corrected chi connectivity index (χ3v) is 4.19. The largest absolute Gasteiger partial charge is 0.449 e. The molecule has 1 heterocycles. The molecule has 0 spiro atoms. The number of carbonyl (C=O) groups is 1. The van der Waals surface area contributed by atoms with Crippen molar-refractivity contribution in [2.24, 2.45) is 0 Å². The Balaban J connectivity index is 2.50. The van der Waals surface area contributed by atoms with Crippen molar-refractivity contribution in [2.75, 3.05) is 12.4 Å². The van der Waals surface area contributed by atoms with Crippen molar-refractivity contribution in [1.29, 1.82) is 0 Å². The van der Waals surface area contributed by atoms with Gasteiger partial charge in [-0.15, -0.1) is 11.8 Å². The Labute approximate surface area is 116 Å². The summed E-state index contributed by atoms with van der Waals surface area (Å²) in [6.07, 6.45) is -5.74. The number of alkyl halides is 3. The fraction of sp³-hybridized carbons (Fsp3) is 0.364. The van der Waals surface area contributed by atoms with Gasteiger partial charge in [-0.3, -0.25) is 5.32 Å². The van der Waals surface area contributed by atoms with Gasteiger partial charge in [0.2, 0.25) is 4.87 Å². The molecule has 1 amide bonds. The van der Waals surface area contributed by atoms with Crippen LogP contribution >= 0.6 is 23.4 Å². The zero-order valence-electron chi connectivity index (χ0n) is 9.46. The number of nitrogens with one attached hydrogen (secondary N) is 1. The van der Waals surface area contributed by atoms with Crippen molar-refractivity contribution in [2.45, 2.75) is 11.0 Å². The van der Waals surface area contributed by atoms with E-state index in [4.69, 9.17) is 11.6 Å². The van der Waals surface area contributed by atoms with Crippen molar-refractivity contribution in [3.05, 3.63) is 34.9 Å². The highest BCUT2D eigenvalue weighted by molar-refractivity contribution is 8.00. The molecule has 3 nitrogen and oxygen atoms in total. The van der Waals surface area contributed by atoms with Crippen LogP contribution < -0.4 is 5.32 Å². The molecule has 8 heteroatoms. The minimum atomic E-state index is -4.66. The molecule has 2 rings (SSSR count). The number of carbonyl (C=O) groups excluding carboxylic acids is 1. The highest BCUT2D eigenvalue weighted by atomic mass is 35.5. The van der Waals surface area contributed by atoms with Crippen LogP contribution in [0.15, 0.2) is 24.3 Å². The fourth-order valence-electron chi connectivity index (χ4n) is 1.70. The van der Waals surface area contributed by atoms with E-state index >= 15 is 0 Å². The lowest BCUT2D eigenvalue weighted by molar-refractivity contribution is -0.167. The predicted octanol–water partition coefficient (Wildman–Crippen LogP) is 3.53. The Kier molecular flexibility index (Phi) is 3.87. The Hall–Kier alpha value is -1.08. The molecule has 19 heavy (non-hydrogen) atoms. The van der Waals surface area contributed by atoms with Crippen LogP contribution in [0, 0.1) is 0 Å². The van der Waals surface area contributed by atoms with E-state index in [1.54, 1.807) is 0 Å². The van der Waals surface area contributed by atoms with Crippen molar-refractivity contribution in [3.63, 3.8) is 0 Å². The predicted molar refractivity (Wildman–Crippen MR) is 66.1 cm³/mol. The van der Waals surface area contributed by atoms with Crippen molar-refractivity contribution < 1.29 is 22.7 Å². The monoisotopic (exact) mass is 311 g/mol. The molecule has 0 aromatic heterocycles. The first kappa shape index (κ1) is 14.3. The number of amides is 1. The molecule has 0 radical (unpaired) electrons. The number of benzene rings is 1. The van der Waals surface area contributed by atoms with Gasteiger partial charge in [-0.05, 0) is 17.7 Å². The Morgan fingerprint density at radius 3 is 2.53 bits per heavy atom. The highest BCUT2D eigenvalue weighted by Gasteiger charge is 2.58. The maximum atomic E-state index is 13.4. The molecule has 1 unspecified atom stereocenters. The van der Waals surface area contributed by atoms with Crippen molar-refractivity contribution >= 4 is 29.5 Å². The van der Waals surface area contributed by atoms with E-state index in [1.165, 1.54) is 24.3 Å². The maximum absolute atomic E-state index is 13.4.